The SMILES string of the molecule is O=C1c2cccnc2C(=O)N1Cc1ccn[nH]1. The van der Waals surface area contributed by atoms with Crippen molar-refractivity contribution in [2.45, 2.75) is 6.54 Å². The lowest BCUT2D eigenvalue weighted by molar-refractivity contribution is 0.0638. The average molecular weight is 228 g/mol. The molecule has 0 saturated heterocycles. The van der Waals surface area contributed by atoms with Crippen LogP contribution in [0.4, 0.5) is 0 Å². The van der Waals surface area contributed by atoms with Crippen LogP contribution >= 0.6 is 0 Å². The van der Waals surface area contributed by atoms with Gasteiger partial charge in [-0.15, -0.1) is 0 Å². The van der Waals surface area contributed by atoms with E-state index in [9.17, 15) is 9.59 Å². The molecule has 0 aromatic carbocycles. The number of carbonyl (C=O) groups excluding carboxylic acids is 2. The fraction of sp³-hybridized carbons (Fsp3) is 0.0909. The number of nitrogens with one attached hydrogen (secondary N) is 1. The highest BCUT2D eigenvalue weighted by Crippen LogP contribution is 2.21. The van der Waals surface area contributed by atoms with Crippen LogP contribution in [0.3, 0.4) is 0 Å². The monoisotopic (exact) mass is 228 g/mol. The number of hydrogen-bond donors (Lipinski definition) is 1. The number of imide groups is 1. The molecule has 0 atom stereocenters. The smallest absolute Gasteiger partial charge is 0.280 e. The van der Waals surface area contributed by atoms with E-state index in [1.807, 2.05) is 0 Å². The first-order valence-electron chi connectivity index (χ1n) is 5.07. The van der Waals surface area contributed by atoms with E-state index >= 15 is 0 Å². The number of rotatable bonds is 2. The lowest BCUT2D eigenvalue weighted by atomic mass is 10.2. The molecule has 0 spiro atoms. The molecule has 0 fully saturated rings. The molecule has 0 aliphatic carbocycles. The number of fused-ring (bicyclic) bond motifs is 1. The zero-order valence-electron chi connectivity index (χ0n) is 8.75. The van der Waals surface area contributed by atoms with Crippen molar-refractivity contribution >= 4 is 11.8 Å². The van der Waals surface area contributed by atoms with Gasteiger partial charge in [0, 0.05) is 12.4 Å². The quantitative estimate of drug-likeness (QED) is 0.763. The van der Waals surface area contributed by atoms with E-state index < -0.39 is 0 Å². The molecule has 6 heteroatoms. The molecule has 84 valence electrons. The van der Waals surface area contributed by atoms with Gasteiger partial charge in [-0.3, -0.25) is 24.6 Å². The topological polar surface area (TPSA) is 79.0 Å². The molecule has 17 heavy (non-hydrogen) atoms. The van der Waals surface area contributed by atoms with Crippen LogP contribution in [0.25, 0.3) is 0 Å². The number of H-pyrrole nitrogens is 1. The van der Waals surface area contributed by atoms with Crippen LogP contribution in [-0.4, -0.2) is 31.9 Å². The van der Waals surface area contributed by atoms with E-state index in [1.54, 1.807) is 24.4 Å². The molecule has 6 nitrogen and oxygen atoms in total. The molecule has 3 heterocycles. The van der Waals surface area contributed by atoms with Crippen molar-refractivity contribution < 1.29 is 9.59 Å². The van der Waals surface area contributed by atoms with Crippen LogP contribution in [0, 0.1) is 0 Å². The minimum Gasteiger partial charge on any atom is -0.281 e. The third-order valence-corrected chi connectivity index (χ3v) is 2.62. The lowest BCUT2D eigenvalue weighted by Crippen LogP contribution is -2.29. The molecule has 2 aromatic rings. The van der Waals surface area contributed by atoms with Crippen molar-refractivity contribution in [3.8, 4) is 0 Å². The normalized spacial score (nSPS) is 14.2. The van der Waals surface area contributed by atoms with E-state index in [1.165, 1.54) is 6.20 Å². The zero-order chi connectivity index (χ0) is 11.8. The van der Waals surface area contributed by atoms with E-state index in [-0.39, 0.29) is 24.1 Å². The second-order valence-electron chi connectivity index (χ2n) is 3.68. The Kier molecular flexibility index (Phi) is 2.01. The van der Waals surface area contributed by atoms with Gasteiger partial charge >= 0.3 is 0 Å². The van der Waals surface area contributed by atoms with Gasteiger partial charge in [-0.25, -0.2) is 0 Å². The number of amides is 2. The first-order valence-corrected chi connectivity index (χ1v) is 5.07. The first kappa shape index (κ1) is 9.71. The molecule has 1 aliphatic rings. The molecule has 1 aliphatic heterocycles. The van der Waals surface area contributed by atoms with Crippen molar-refractivity contribution in [2.24, 2.45) is 0 Å². The second-order valence-corrected chi connectivity index (χ2v) is 3.68. The number of nitrogens with zero attached hydrogens (tertiary/aromatic N) is 3. The predicted octanol–water partition coefficient (Wildman–Crippen LogP) is 0.601. The summed E-state index contributed by atoms with van der Waals surface area (Å²) >= 11 is 0. The molecule has 1 N–H and O–H groups in total. The third-order valence-electron chi connectivity index (χ3n) is 2.62. The maximum Gasteiger partial charge on any atom is 0.280 e. The van der Waals surface area contributed by atoms with E-state index in [0.717, 1.165) is 4.90 Å². The van der Waals surface area contributed by atoms with Gasteiger partial charge in [-0.1, -0.05) is 0 Å². The minimum atomic E-state index is -0.361. The summed E-state index contributed by atoms with van der Waals surface area (Å²) in [6.45, 7) is 0.189. The summed E-state index contributed by atoms with van der Waals surface area (Å²) in [6, 6.07) is 4.97. The summed E-state index contributed by atoms with van der Waals surface area (Å²) in [7, 11) is 0. The lowest BCUT2D eigenvalue weighted by Gasteiger charge is -2.11. The van der Waals surface area contributed by atoms with E-state index in [2.05, 4.69) is 15.2 Å². The van der Waals surface area contributed by atoms with Gasteiger partial charge in [-0.05, 0) is 18.2 Å². The Morgan fingerprint density at radius 1 is 1.18 bits per heavy atom. The number of hydrogen-bond acceptors (Lipinski definition) is 4. The van der Waals surface area contributed by atoms with E-state index in [4.69, 9.17) is 0 Å². The van der Waals surface area contributed by atoms with Gasteiger partial charge in [0.25, 0.3) is 11.8 Å². The summed E-state index contributed by atoms with van der Waals surface area (Å²) in [5.74, 6) is -0.673. The molecule has 0 unspecified atom stereocenters. The Labute approximate surface area is 96.3 Å². The number of aromatic nitrogens is 3. The molecule has 2 aromatic heterocycles. The molecule has 0 saturated carbocycles. The molecular weight excluding hydrogens is 220 g/mol. The number of carbonyl (C=O) groups is 2. The summed E-state index contributed by atoms with van der Waals surface area (Å²) in [4.78, 5) is 29.0. The van der Waals surface area contributed by atoms with Crippen LogP contribution < -0.4 is 0 Å². The van der Waals surface area contributed by atoms with Gasteiger partial charge in [0.2, 0.25) is 0 Å². The average Bonchev–Trinajstić information content (AvgIpc) is 2.94. The van der Waals surface area contributed by atoms with Crippen LogP contribution in [0.5, 0.6) is 0 Å². The summed E-state index contributed by atoms with van der Waals surface area (Å²) in [5.41, 5.74) is 1.29. The highest BCUT2D eigenvalue weighted by molar-refractivity contribution is 6.20. The van der Waals surface area contributed by atoms with Crippen LogP contribution in [0.15, 0.2) is 30.6 Å². The van der Waals surface area contributed by atoms with Crippen molar-refractivity contribution in [3.05, 3.63) is 47.5 Å². The Morgan fingerprint density at radius 3 is 2.76 bits per heavy atom. The molecule has 3 rings (SSSR count). The van der Waals surface area contributed by atoms with Crippen molar-refractivity contribution in [1.29, 1.82) is 0 Å². The molecular formula is C11H8N4O2. The zero-order valence-corrected chi connectivity index (χ0v) is 8.75. The standard InChI is InChI=1S/C11H8N4O2/c16-10-8-2-1-4-12-9(8)11(17)15(10)6-7-3-5-13-14-7/h1-5H,6H2,(H,13,14). The largest absolute Gasteiger partial charge is 0.281 e. The third kappa shape index (κ3) is 1.42. The van der Waals surface area contributed by atoms with Gasteiger partial charge in [0.15, 0.2) is 0 Å². The minimum absolute atomic E-state index is 0.189. The highest BCUT2D eigenvalue weighted by Gasteiger charge is 2.36. The maximum absolute atomic E-state index is 12.0. The highest BCUT2D eigenvalue weighted by atomic mass is 16.2. The number of pyridine rings is 1. The molecule has 2 amide bonds. The van der Waals surface area contributed by atoms with Gasteiger partial charge < -0.3 is 0 Å². The van der Waals surface area contributed by atoms with Crippen molar-refractivity contribution in [2.75, 3.05) is 0 Å². The Morgan fingerprint density at radius 2 is 2.06 bits per heavy atom. The second kappa shape index (κ2) is 3.51. The van der Waals surface area contributed by atoms with Gasteiger partial charge in [0.05, 0.1) is 17.8 Å². The maximum atomic E-state index is 12.0. The van der Waals surface area contributed by atoms with Gasteiger partial charge in [0.1, 0.15) is 5.69 Å². The summed E-state index contributed by atoms with van der Waals surface area (Å²) in [5, 5.41) is 6.49. The fourth-order valence-corrected chi connectivity index (χ4v) is 1.80. The van der Waals surface area contributed by atoms with Crippen LogP contribution in [0.1, 0.15) is 26.5 Å². The Balaban J connectivity index is 1.95. The Bertz CT molecular complexity index is 556. The molecule has 0 bridgehead atoms. The molecule has 0 radical (unpaired) electrons. The predicted molar refractivity (Wildman–Crippen MR) is 57.0 cm³/mol. The number of aromatic amines is 1. The summed E-state index contributed by atoms with van der Waals surface area (Å²) in [6.07, 6.45) is 3.08. The van der Waals surface area contributed by atoms with Crippen LogP contribution in [-0.2, 0) is 6.54 Å². The van der Waals surface area contributed by atoms with E-state index in [0.29, 0.717) is 11.3 Å². The van der Waals surface area contributed by atoms with Crippen molar-refractivity contribution in [3.63, 3.8) is 0 Å². The van der Waals surface area contributed by atoms with Crippen molar-refractivity contribution in [1.82, 2.24) is 20.1 Å². The fourth-order valence-electron chi connectivity index (χ4n) is 1.80. The first-order chi connectivity index (χ1) is 8.27. The summed E-state index contributed by atoms with van der Waals surface area (Å²) < 4.78 is 0. The van der Waals surface area contributed by atoms with Gasteiger partial charge in [-0.2, -0.15) is 5.10 Å². The van der Waals surface area contributed by atoms with Crippen LogP contribution in [0.2, 0.25) is 0 Å². The Hall–Kier alpha value is -2.50.